The van der Waals surface area contributed by atoms with Crippen LogP contribution in [0, 0.1) is 0 Å². The predicted octanol–water partition coefficient (Wildman–Crippen LogP) is 3.82. The molecule has 0 atom stereocenters. The van der Waals surface area contributed by atoms with Gasteiger partial charge in [0.1, 0.15) is 0 Å². The van der Waals surface area contributed by atoms with E-state index in [4.69, 9.17) is 0 Å². The van der Waals surface area contributed by atoms with Crippen LogP contribution in [-0.4, -0.2) is 10.7 Å². The van der Waals surface area contributed by atoms with Crippen molar-refractivity contribution in [3.8, 4) is 0 Å². The average molecular weight is 196 g/mol. The van der Waals surface area contributed by atoms with Crippen LogP contribution in [0.2, 0.25) is 0 Å². The van der Waals surface area contributed by atoms with Crippen molar-refractivity contribution in [1.82, 2.24) is 0 Å². The zero-order valence-corrected chi connectivity index (χ0v) is 9.68. The van der Waals surface area contributed by atoms with E-state index in [0.29, 0.717) is 0 Å². The summed E-state index contributed by atoms with van der Waals surface area (Å²) < 4.78 is 0. The van der Waals surface area contributed by atoms with E-state index in [9.17, 15) is 5.11 Å². The van der Waals surface area contributed by atoms with Crippen molar-refractivity contribution < 1.29 is 5.11 Å². The van der Waals surface area contributed by atoms with Gasteiger partial charge in [-0.25, -0.2) is 0 Å². The smallest absolute Gasteiger partial charge is 0.0851 e. The molecule has 1 N–H and O–H groups in total. The lowest BCUT2D eigenvalue weighted by Gasteiger charge is -2.30. The summed E-state index contributed by atoms with van der Waals surface area (Å²) >= 11 is 0. The van der Waals surface area contributed by atoms with Gasteiger partial charge in [0.05, 0.1) is 5.60 Å². The molecule has 0 aromatic carbocycles. The maximum absolute atomic E-state index is 10.4. The zero-order valence-electron chi connectivity index (χ0n) is 9.68. The number of rotatable bonds is 3. The predicted molar refractivity (Wildman–Crippen MR) is 61.3 cm³/mol. The highest BCUT2D eigenvalue weighted by molar-refractivity contribution is 5.16. The SMILES string of the molecule is CCC(O)(CC)C1=CCCCCCC1. The highest BCUT2D eigenvalue weighted by Crippen LogP contribution is 2.31. The summed E-state index contributed by atoms with van der Waals surface area (Å²) in [6, 6.07) is 0. The summed E-state index contributed by atoms with van der Waals surface area (Å²) in [7, 11) is 0. The monoisotopic (exact) mass is 196 g/mol. The quantitative estimate of drug-likeness (QED) is 0.680. The lowest BCUT2D eigenvalue weighted by molar-refractivity contribution is 0.0655. The molecule has 0 amide bonds. The Morgan fingerprint density at radius 3 is 2.43 bits per heavy atom. The third-order valence-electron chi connectivity index (χ3n) is 3.56. The van der Waals surface area contributed by atoms with Crippen molar-refractivity contribution >= 4 is 0 Å². The van der Waals surface area contributed by atoms with Gasteiger partial charge in [-0.1, -0.05) is 32.8 Å². The van der Waals surface area contributed by atoms with Gasteiger partial charge in [0.15, 0.2) is 0 Å². The van der Waals surface area contributed by atoms with Gasteiger partial charge in [0.25, 0.3) is 0 Å². The molecule has 14 heavy (non-hydrogen) atoms. The van der Waals surface area contributed by atoms with Crippen LogP contribution in [0.1, 0.15) is 65.2 Å². The Kier molecular flexibility index (Phi) is 4.67. The Morgan fingerprint density at radius 1 is 1.14 bits per heavy atom. The Labute approximate surface area is 88.2 Å². The third kappa shape index (κ3) is 2.84. The van der Waals surface area contributed by atoms with Crippen molar-refractivity contribution in [2.45, 2.75) is 70.8 Å². The van der Waals surface area contributed by atoms with Crippen LogP contribution >= 0.6 is 0 Å². The molecule has 0 spiro atoms. The fourth-order valence-corrected chi connectivity index (χ4v) is 2.32. The molecule has 0 heterocycles. The average Bonchev–Trinajstić information content (AvgIpc) is 2.16. The summed E-state index contributed by atoms with van der Waals surface area (Å²) in [5.74, 6) is 0. The molecule has 1 aliphatic rings. The van der Waals surface area contributed by atoms with Gasteiger partial charge in [-0.15, -0.1) is 0 Å². The normalized spacial score (nSPS) is 19.8. The molecular weight excluding hydrogens is 172 g/mol. The molecule has 0 aliphatic heterocycles. The van der Waals surface area contributed by atoms with Crippen LogP contribution in [0.4, 0.5) is 0 Å². The Bertz CT molecular complexity index is 189. The summed E-state index contributed by atoms with van der Waals surface area (Å²) in [5, 5.41) is 10.4. The van der Waals surface area contributed by atoms with Crippen LogP contribution in [0.3, 0.4) is 0 Å². The van der Waals surface area contributed by atoms with Gasteiger partial charge in [0, 0.05) is 0 Å². The van der Waals surface area contributed by atoms with Crippen LogP contribution in [0.25, 0.3) is 0 Å². The van der Waals surface area contributed by atoms with E-state index in [1.165, 1.54) is 31.3 Å². The molecule has 0 radical (unpaired) electrons. The zero-order chi connectivity index (χ0) is 10.4. The van der Waals surface area contributed by atoms with Crippen LogP contribution in [0.15, 0.2) is 11.6 Å². The van der Waals surface area contributed by atoms with E-state index in [1.54, 1.807) is 0 Å². The lowest BCUT2D eigenvalue weighted by atomic mass is 9.83. The summed E-state index contributed by atoms with van der Waals surface area (Å²) in [6.07, 6.45) is 11.5. The minimum absolute atomic E-state index is 0.503. The van der Waals surface area contributed by atoms with E-state index in [1.807, 2.05) is 0 Å². The van der Waals surface area contributed by atoms with Gasteiger partial charge in [-0.2, -0.15) is 0 Å². The van der Waals surface area contributed by atoms with Crippen molar-refractivity contribution in [2.75, 3.05) is 0 Å². The molecule has 82 valence electrons. The minimum atomic E-state index is -0.503. The maximum Gasteiger partial charge on any atom is 0.0851 e. The molecule has 0 fully saturated rings. The molecule has 1 rings (SSSR count). The molecular formula is C13H24O. The minimum Gasteiger partial charge on any atom is -0.386 e. The van der Waals surface area contributed by atoms with Crippen molar-refractivity contribution in [2.24, 2.45) is 0 Å². The van der Waals surface area contributed by atoms with Gasteiger partial charge in [-0.3, -0.25) is 0 Å². The third-order valence-corrected chi connectivity index (χ3v) is 3.56. The van der Waals surface area contributed by atoms with Gasteiger partial charge in [-0.05, 0) is 44.1 Å². The first-order valence-corrected chi connectivity index (χ1v) is 6.15. The van der Waals surface area contributed by atoms with Crippen molar-refractivity contribution in [1.29, 1.82) is 0 Å². The standard InChI is InChI=1S/C13H24O/c1-3-13(14,4-2)12-10-8-6-5-7-9-11-12/h10,14H,3-9,11H2,1-2H3. The maximum atomic E-state index is 10.4. The van der Waals surface area contributed by atoms with Crippen molar-refractivity contribution in [3.63, 3.8) is 0 Å². The summed E-state index contributed by atoms with van der Waals surface area (Å²) in [6.45, 7) is 4.17. The first-order chi connectivity index (χ1) is 6.73. The Morgan fingerprint density at radius 2 is 1.79 bits per heavy atom. The van der Waals surface area contributed by atoms with Crippen LogP contribution in [-0.2, 0) is 0 Å². The molecule has 0 bridgehead atoms. The number of aliphatic hydroxyl groups is 1. The number of hydrogen-bond donors (Lipinski definition) is 1. The highest BCUT2D eigenvalue weighted by Gasteiger charge is 2.26. The summed E-state index contributed by atoms with van der Waals surface area (Å²) in [5.41, 5.74) is 0.805. The van der Waals surface area contributed by atoms with E-state index in [-0.39, 0.29) is 0 Å². The second kappa shape index (κ2) is 5.55. The second-order valence-corrected chi connectivity index (χ2v) is 4.42. The first kappa shape index (κ1) is 11.8. The molecule has 0 aromatic heterocycles. The number of hydrogen-bond acceptors (Lipinski definition) is 1. The fraction of sp³-hybridized carbons (Fsp3) is 0.846. The molecule has 1 aliphatic carbocycles. The van der Waals surface area contributed by atoms with E-state index >= 15 is 0 Å². The molecule has 0 aromatic rings. The lowest BCUT2D eigenvalue weighted by Crippen LogP contribution is -2.29. The molecule has 0 unspecified atom stereocenters. The van der Waals surface area contributed by atoms with Crippen LogP contribution < -0.4 is 0 Å². The molecule has 1 heteroatoms. The Balaban J connectivity index is 2.70. The van der Waals surface area contributed by atoms with Crippen molar-refractivity contribution in [3.05, 3.63) is 11.6 Å². The van der Waals surface area contributed by atoms with Gasteiger partial charge < -0.3 is 5.11 Å². The topological polar surface area (TPSA) is 20.2 Å². The fourth-order valence-electron chi connectivity index (χ4n) is 2.32. The molecule has 0 saturated heterocycles. The summed E-state index contributed by atoms with van der Waals surface area (Å²) in [4.78, 5) is 0. The second-order valence-electron chi connectivity index (χ2n) is 4.42. The van der Waals surface area contributed by atoms with E-state index < -0.39 is 5.60 Å². The Hall–Kier alpha value is -0.300. The van der Waals surface area contributed by atoms with Gasteiger partial charge >= 0.3 is 0 Å². The first-order valence-electron chi connectivity index (χ1n) is 6.15. The van der Waals surface area contributed by atoms with E-state index in [2.05, 4.69) is 19.9 Å². The molecule has 1 nitrogen and oxygen atoms in total. The highest BCUT2D eigenvalue weighted by atomic mass is 16.3. The molecule has 0 saturated carbocycles. The van der Waals surface area contributed by atoms with Gasteiger partial charge in [0.2, 0.25) is 0 Å². The number of allylic oxidation sites excluding steroid dienone is 1. The largest absolute Gasteiger partial charge is 0.386 e. The van der Waals surface area contributed by atoms with Crippen LogP contribution in [0.5, 0.6) is 0 Å². The van der Waals surface area contributed by atoms with E-state index in [0.717, 1.165) is 25.7 Å².